The van der Waals surface area contributed by atoms with Crippen molar-refractivity contribution < 1.29 is 19.4 Å². The number of carbonyl (C=O) groups is 2. The number of hydrogen-bond donors (Lipinski definition) is 2. The molecule has 10 nitrogen and oxygen atoms in total. The molecule has 0 radical (unpaired) electrons. The molecule has 4 aromatic rings. The van der Waals surface area contributed by atoms with Crippen LogP contribution in [0.4, 0.5) is 5.69 Å². The number of nitriles is 1. The number of nitrogens with one attached hydrogen (secondary N) is 1. The fourth-order valence-corrected chi connectivity index (χ4v) is 5.14. The van der Waals surface area contributed by atoms with Crippen LogP contribution >= 0.6 is 11.6 Å². The SMILES string of the molecule is CCCCCC(C)CC(C(=O)Nc1ccc2nc(C(=O)O)cn2c1)n1cc(OC)c(-c2cc(Cl)ccc2C#N)cc1=O. The summed E-state index contributed by atoms with van der Waals surface area (Å²) in [4.78, 5) is 42.7. The molecule has 0 aliphatic rings. The third-order valence-corrected chi connectivity index (χ3v) is 7.39. The van der Waals surface area contributed by atoms with Crippen molar-refractivity contribution in [2.75, 3.05) is 12.4 Å². The van der Waals surface area contributed by atoms with Gasteiger partial charge in [0.25, 0.3) is 5.56 Å². The Morgan fingerprint density at radius 1 is 1.14 bits per heavy atom. The quantitative estimate of drug-likeness (QED) is 0.188. The summed E-state index contributed by atoms with van der Waals surface area (Å²) in [6.07, 6.45) is 8.89. The van der Waals surface area contributed by atoms with Gasteiger partial charge in [0.15, 0.2) is 5.69 Å². The smallest absolute Gasteiger partial charge is 0.356 e. The second-order valence-electron chi connectivity index (χ2n) is 10.3. The molecule has 42 heavy (non-hydrogen) atoms. The number of carbonyl (C=O) groups excluding carboxylic acids is 1. The third kappa shape index (κ3) is 6.81. The van der Waals surface area contributed by atoms with E-state index < -0.39 is 23.5 Å². The van der Waals surface area contributed by atoms with E-state index in [-0.39, 0.29) is 11.6 Å². The number of fused-ring (bicyclic) bond motifs is 1. The molecule has 0 spiro atoms. The highest BCUT2D eigenvalue weighted by Crippen LogP contribution is 2.34. The predicted molar refractivity (Wildman–Crippen MR) is 160 cm³/mol. The summed E-state index contributed by atoms with van der Waals surface area (Å²) in [5.41, 5.74) is 1.46. The molecule has 1 aromatic carbocycles. The number of methoxy groups -OCH3 is 1. The minimum atomic E-state index is -1.15. The van der Waals surface area contributed by atoms with Crippen molar-refractivity contribution in [3.05, 3.63) is 81.6 Å². The van der Waals surface area contributed by atoms with Crippen LogP contribution < -0.4 is 15.6 Å². The Morgan fingerprint density at radius 3 is 2.62 bits per heavy atom. The zero-order chi connectivity index (χ0) is 30.4. The number of halogens is 1. The summed E-state index contributed by atoms with van der Waals surface area (Å²) in [6, 6.07) is 10.6. The Hall–Kier alpha value is -4.62. The van der Waals surface area contributed by atoms with Crippen LogP contribution in [-0.4, -0.2) is 38.0 Å². The van der Waals surface area contributed by atoms with Gasteiger partial charge >= 0.3 is 5.97 Å². The lowest BCUT2D eigenvalue weighted by atomic mass is 9.94. The summed E-state index contributed by atoms with van der Waals surface area (Å²) in [7, 11) is 1.46. The number of amides is 1. The highest BCUT2D eigenvalue weighted by Gasteiger charge is 2.26. The largest absolute Gasteiger partial charge is 0.495 e. The van der Waals surface area contributed by atoms with Gasteiger partial charge in [-0.15, -0.1) is 0 Å². The number of ether oxygens (including phenoxy) is 1. The first-order chi connectivity index (χ1) is 20.1. The number of unbranched alkanes of at least 4 members (excludes halogenated alkanes) is 2. The van der Waals surface area contributed by atoms with E-state index in [1.807, 2.05) is 0 Å². The fraction of sp³-hybridized carbons (Fsp3) is 0.323. The molecule has 1 amide bonds. The first-order valence-electron chi connectivity index (χ1n) is 13.7. The van der Waals surface area contributed by atoms with Gasteiger partial charge in [-0.25, -0.2) is 9.78 Å². The van der Waals surface area contributed by atoms with Crippen molar-refractivity contribution in [3.8, 4) is 22.9 Å². The normalized spacial score (nSPS) is 12.5. The third-order valence-electron chi connectivity index (χ3n) is 7.16. The minimum Gasteiger partial charge on any atom is -0.495 e. The van der Waals surface area contributed by atoms with Crippen molar-refractivity contribution in [1.82, 2.24) is 14.0 Å². The van der Waals surface area contributed by atoms with Crippen LogP contribution in [-0.2, 0) is 4.79 Å². The zero-order valence-corrected chi connectivity index (χ0v) is 24.4. The van der Waals surface area contributed by atoms with E-state index in [2.05, 4.69) is 30.2 Å². The fourth-order valence-electron chi connectivity index (χ4n) is 4.97. The van der Waals surface area contributed by atoms with Crippen LogP contribution in [0.15, 0.2) is 59.8 Å². The zero-order valence-electron chi connectivity index (χ0n) is 23.6. The Bertz CT molecular complexity index is 1720. The van der Waals surface area contributed by atoms with E-state index in [0.717, 1.165) is 25.7 Å². The molecule has 11 heteroatoms. The molecule has 0 aliphatic heterocycles. The number of hydrogen-bond acceptors (Lipinski definition) is 6. The molecule has 0 aliphatic carbocycles. The molecule has 0 bridgehead atoms. The predicted octanol–water partition coefficient (Wildman–Crippen LogP) is 6.18. The van der Waals surface area contributed by atoms with Gasteiger partial charge in [-0.05, 0) is 42.7 Å². The summed E-state index contributed by atoms with van der Waals surface area (Å²) in [6.45, 7) is 4.19. The van der Waals surface area contributed by atoms with E-state index in [9.17, 15) is 24.8 Å². The number of aromatic nitrogens is 3. The van der Waals surface area contributed by atoms with Crippen molar-refractivity contribution in [2.24, 2.45) is 5.92 Å². The van der Waals surface area contributed by atoms with Crippen LogP contribution in [0.25, 0.3) is 16.8 Å². The number of rotatable bonds is 12. The van der Waals surface area contributed by atoms with Crippen LogP contribution in [0, 0.1) is 17.2 Å². The second-order valence-corrected chi connectivity index (χ2v) is 10.7. The van der Waals surface area contributed by atoms with Gasteiger partial charge < -0.3 is 19.6 Å². The van der Waals surface area contributed by atoms with Gasteiger partial charge in [0.05, 0.1) is 30.6 Å². The monoisotopic (exact) mass is 589 g/mol. The summed E-state index contributed by atoms with van der Waals surface area (Å²) >= 11 is 6.20. The van der Waals surface area contributed by atoms with E-state index in [0.29, 0.717) is 45.2 Å². The van der Waals surface area contributed by atoms with Crippen LogP contribution in [0.2, 0.25) is 5.02 Å². The molecule has 2 atom stereocenters. The number of benzene rings is 1. The Kier molecular flexibility index (Phi) is 9.65. The lowest BCUT2D eigenvalue weighted by Crippen LogP contribution is -2.34. The van der Waals surface area contributed by atoms with E-state index >= 15 is 0 Å². The van der Waals surface area contributed by atoms with Crippen molar-refractivity contribution in [3.63, 3.8) is 0 Å². The van der Waals surface area contributed by atoms with E-state index in [1.165, 1.54) is 34.5 Å². The maximum absolute atomic E-state index is 13.8. The lowest BCUT2D eigenvalue weighted by Gasteiger charge is -2.24. The van der Waals surface area contributed by atoms with Crippen LogP contribution in [0.3, 0.4) is 0 Å². The average Bonchev–Trinajstić information content (AvgIpc) is 3.40. The number of aromatic carboxylic acids is 1. The lowest BCUT2D eigenvalue weighted by molar-refractivity contribution is -0.119. The summed E-state index contributed by atoms with van der Waals surface area (Å²) in [5, 5.41) is 22.2. The highest BCUT2D eigenvalue weighted by molar-refractivity contribution is 6.31. The van der Waals surface area contributed by atoms with Gasteiger partial charge in [-0.1, -0.05) is 51.1 Å². The van der Waals surface area contributed by atoms with Crippen molar-refractivity contribution in [2.45, 2.75) is 52.0 Å². The molecular formula is C31H32ClN5O5. The summed E-state index contributed by atoms with van der Waals surface area (Å²) in [5.74, 6) is -1.12. The van der Waals surface area contributed by atoms with E-state index in [1.54, 1.807) is 36.5 Å². The number of imidazole rings is 1. The number of pyridine rings is 2. The van der Waals surface area contributed by atoms with Crippen molar-refractivity contribution >= 4 is 34.8 Å². The molecule has 218 valence electrons. The standard InChI is InChI=1S/C31H32ClN5O5/c1-4-5-6-7-19(2)12-26(30(39)34-22-10-11-28-35-25(31(40)41)17-36(28)16-22)37-18-27(42-3)24(14-29(37)38)23-13-21(32)9-8-20(23)15-33/h8-11,13-14,16-19,26H,4-7,12H2,1-3H3,(H,34,39)(H,40,41). The Balaban J connectivity index is 1.73. The molecule has 2 unspecified atom stereocenters. The maximum Gasteiger partial charge on any atom is 0.356 e. The second kappa shape index (κ2) is 13.4. The van der Waals surface area contributed by atoms with Gasteiger partial charge in [0.1, 0.15) is 17.4 Å². The van der Waals surface area contributed by atoms with Gasteiger partial charge in [-0.3, -0.25) is 14.2 Å². The van der Waals surface area contributed by atoms with Gasteiger partial charge in [-0.2, -0.15) is 5.26 Å². The maximum atomic E-state index is 13.8. The number of carboxylic acids is 1. The first-order valence-corrected chi connectivity index (χ1v) is 14.1. The number of nitrogens with zero attached hydrogens (tertiary/aromatic N) is 4. The van der Waals surface area contributed by atoms with E-state index in [4.69, 9.17) is 16.3 Å². The minimum absolute atomic E-state index is 0.116. The highest BCUT2D eigenvalue weighted by atomic mass is 35.5. The number of anilines is 1. The van der Waals surface area contributed by atoms with Crippen LogP contribution in [0.5, 0.6) is 5.75 Å². The molecule has 0 fully saturated rings. The molecular weight excluding hydrogens is 558 g/mol. The molecule has 0 saturated heterocycles. The summed E-state index contributed by atoms with van der Waals surface area (Å²) < 4.78 is 8.52. The van der Waals surface area contributed by atoms with Gasteiger partial charge in [0, 0.05) is 34.6 Å². The molecule has 3 aromatic heterocycles. The van der Waals surface area contributed by atoms with Gasteiger partial charge in [0.2, 0.25) is 5.91 Å². The Labute approximate surface area is 248 Å². The molecule has 4 rings (SSSR count). The van der Waals surface area contributed by atoms with Crippen molar-refractivity contribution in [1.29, 1.82) is 5.26 Å². The number of carboxylic acid groups (broad SMARTS) is 1. The van der Waals surface area contributed by atoms with Crippen LogP contribution in [0.1, 0.15) is 68.0 Å². The molecule has 0 saturated carbocycles. The topological polar surface area (TPSA) is 139 Å². The first kappa shape index (κ1) is 30.3. The molecule has 3 heterocycles. The molecule has 2 N–H and O–H groups in total. The Morgan fingerprint density at radius 2 is 1.93 bits per heavy atom. The average molecular weight is 590 g/mol.